The van der Waals surface area contributed by atoms with E-state index in [9.17, 15) is 9.00 Å². The summed E-state index contributed by atoms with van der Waals surface area (Å²) in [5, 5.41) is 6.58. The highest BCUT2D eigenvalue weighted by molar-refractivity contribution is 7.99. The maximum absolute atomic E-state index is 11.2. The third kappa shape index (κ3) is 2.29. The van der Waals surface area contributed by atoms with Crippen LogP contribution in [0.1, 0.15) is 11.3 Å². The standard InChI is InChI=1S/C8H11N3O2S/c1-5-6(4-14(13)8(9)10)11-3-2-7(5)12/h2-3H,4H2,1H3,(H3,9,10)(H,11,12). The molecule has 1 aromatic rings. The lowest BCUT2D eigenvalue weighted by Gasteiger charge is -2.03. The van der Waals surface area contributed by atoms with Crippen LogP contribution in [-0.4, -0.2) is 14.4 Å². The zero-order valence-electron chi connectivity index (χ0n) is 7.66. The van der Waals surface area contributed by atoms with E-state index in [2.05, 4.69) is 4.98 Å². The van der Waals surface area contributed by atoms with Gasteiger partial charge in [-0.3, -0.25) is 14.4 Å². The van der Waals surface area contributed by atoms with E-state index in [4.69, 9.17) is 11.1 Å². The van der Waals surface area contributed by atoms with Crippen LogP contribution >= 0.6 is 0 Å². The Morgan fingerprint density at radius 1 is 1.71 bits per heavy atom. The minimum absolute atomic E-state index is 0.0806. The third-order valence-corrected chi connectivity index (χ3v) is 2.88. The summed E-state index contributed by atoms with van der Waals surface area (Å²) in [6, 6.07) is 1.40. The fourth-order valence-corrected chi connectivity index (χ4v) is 1.68. The van der Waals surface area contributed by atoms with Crippen LogP contribution in [-0.2, 0) is 16.6 Å². The van der Waals surface area contributed by atoms with Gasteiger partial charge in [0.15, 0.2) is 10.6 Å². The molecule has 1 rings (SSSR count). The summed E-state index contributed by atoms with van der Waals surface area (Å²) >= 11 is 0. The first kappa shape index (κ1) is 10.6. The third-order valence-electron chi connectivity index (χ3n) is 1.84. The summed E-state index contributed by atoms with van der Waals surface area (Å²) in [7, 11) is -1.55. The van der Waals surface area contributed by atoms with Crippen LogP contribution < -0.4 is 11.2 Å². The van der Waals surface area contributed by atoms with E-state index in [0.29, 0.717) is 11.3 Å². The van der Waals surface area contributed by atoms with Crippen molar-refractivity contribution >= 4 is 16.0 Å². The van der Waals surface area contributed by atoms with E-state index in [-0.39, 0.29) is 16.3 Å². The number of H-pyrrole nitrogens is 1. The lowest BCUT2D eigenvalue weighted by Crippen LogP contribution is -2.20. The Bertz CT molecular complexity index is 438. The van der Waals surface area contributed by atoms with Crippen LogP contribution in [0, 0.1) is 12.3 Å². The molecular formula is C8H11N3O2S. The SMILES string of the molecule is Cc1c(CS(=O)C(=N)N)[nH]ccc1=O. The van der Waals surface area contributed by atoms with Gasteiger partial charge in [-0.2, -0.15) is 0 Å². The van der Waals surface area contributed by atoms with Gasteiger partial charge >= 0.3 is 0 Å². The molecule has 76 valence electrons. The van der Waals surface area contributed by atoms with E-state index in [1.807, 2.05) is 0 Å². The predicted molar refractivity (Wildman–Crippen MR) is 55.6 cm³/mol. The Labute approximate surface area is 83.3 Å². The summed E-state index contributed by atoms with van der Waals surface area (Å²) in [5.41, 5.74) is 6.03. The second-order valence-electron chi connectivity index (χ2n) is 2.80. The lowest BCUT2D eigenvalue weighted by atomic mass is 10.2. The first-order chi connectivity index (χ1) is 6.52. The second kappa shape index (κ2) is 4.19. The van der Waals surface area contributed by atoms with E-state index in [1.54, 1.807) is 6.92 Å². The van der Waals surface area contributed by atoms with Gasteiger partial charge in [0.05, 0.1) is 16.6 Å². The molecule has 1 unspecified atom stereocenters. The average molecular weight is 213 g/mol. The fraction of sp³-hybridized carbons (Fsp3) is 0.250. The molecule has 0 aromatic carbocycles. The highest BCUT2D eigenvalue weighted by Gasteiger charge is 2.08. The minimum atomic E-state index is -1.55. The molecule has 0 aliphatic carbocycles. The second-order valence-corrected chi connectivity index (χ2v) is 4.22. The van der Waals surface area contributed by atoms with Crippen molar-refractivity contribution in [2.45, 2.75) is 12.7 Å². The van der Waals surface area contributed by atoms with Crippen molar-refractivity contribution in [2.75, 3.05) is 0 Å². The van der Waals surface area contributed by atoms with Gasteiger partial charge in [-0.25, -0.2) is 0 Å². The van der Waals surface area contributed by atoms with E-state index in [1.165, 1.54) is 12.3 Å². The van der Waals surface area contributed by atoms with Crippen molar-refractivity contribution in [1.29, 1.82) is 5.41 Å². The molecule has 0 fully saturated rings. The number of aromatic nitrogens is 1. The molecule has 0 bridgehead atoms. The number of nitrogens with two attached hydrogens (primary N) is 1. The Balaban J connectivity index is 2.98. The highest BCUT2D eigenvalue weighted by atomic mass is 32.2. The number of rotatable bonds is 2. The minimum Gasteiger partial charge on any atom is -0.377 e. The molecule has 1 aromatic heterocycles. The van der Waals surface area contributed by atoms with Crippen LogP contribution in [0.4, 0.5) is 0 Å². The van der Waals surface area contributed by atoms with Gasteiger partial charge in [-0.1, -0.05) is 0 Å². The van der Waals surface area contributed by atoms with Gasteiger partial charge in [0, 0.05) is 23.5 Å². The van der Waals surface area contributed by atoms with Gasteiger partial charge < -0.3 is 10.7 Å². The molecule has 0 spiro atoms. The van der Waals surface area contributed by atoms with Gasteiger partial charge in [-0.05, 0) is 6.92 Å². The number of amidine groups is 1. The van der Waals surface area contributed by atoms with E-state index >= 15 is 0 Å². The summed E-state index contributed by atoms with van der Waals surface area (Å²) in [4.78, 5) is 14.0. The van der Waals surface area contributed by atoms with E-state index in [0.717, 1.165) is 0 Å². The monoisotopic (exact) mass is 213 g/mol. The summed E-state index contributed by atoms with van der Waals surface area (Å²) in [5.74, 6) is 0.0806. The van der Waals surface area contributed by atoms with Crippen LogP contribution in [0.5, 0.6) is 0 Å². The van der Waals surface area contributed by atoms with Crippen molar-refractivity contribution < 1.29 is 4.21 Å². The highest BCUT2D eigenvalue weighted by Crippen LogP contribution is 2.01. The Morgan fingerprint density at radius 3 is 2.93 bits per heavy atom. The fourth-order valence-electron chi connectivity index (χ4n) is 0.959. The molecule has 4 N–H and O–H groups in total. The maximum atomic E-state index is 11.2. The molecule has 14 heavy (non-hydrogen) atoms. The molecule has 5 nitrogen and oxygen atoms in total. The van der Waals surface area contributed by atoms with Crippen LogP contribution in [0.15, 0.2) is 17.1 Å². The van der Waals surface area contributed by atoms with Crippen molar-refractivity contribution in [1.82, 2.24) is 4.98 Å². The van der Waals surface area contributed by atoms with Gasteiger partial charge in [0.25, 0.3) is 0 Å². The topological polar surface area (TPSA) is 99.8 Å². The number of nitrogens with one attached hydrogen (secondary N) is 2. The Morgan fingerprint density at radius 2 is 2.36 bits per heavy atom. The molecule has 0 saturated heterocycles. The number of hydrogen-bond acceptors (Lipinski definition) is 3. The number of aromatic amines is 1. The van der Waals surface area contributed by atoms with Gasteiger partial charge in [-0.15, -0.1) is 0 Å². The summed E-state index contributed by atoms with van der Waals surface area (Å²) in [6.45, 7) is 1.64. The quantitative estimate of drug-likeness (QED) is 0.469. The van der Waals surface area contributed by atoms with Gasteiger partial charge in [0.2, 0.25) is 0 Å². The summed E-state index contributed by atoms with van der Waals surface area (Å²) < 4.78 is 11.2. The molecule has 0 radical (unpaired) electrons. The zero-order valence-corrected chi connectivity index (χ0v) is 8.48. The lowest BCUT2D eigenvalue weighted by molar-refractivity contribution is 0.688. The smallest absolute Gasteiger partial charge is 0.184 e. The van der Waals surface area contributed by atoms with Crippen LogP contribution in [0.25, 0.3) is 0 Å². The number of pyridine rings is 1. The largest absolute Gasteiger partial charge is 0.377 e. The maximum Gasteiger partial charge on any atom is 0.184 e. The molecule has 0 saturated carbocycles. The average Bonchev–Trinajstić information content (AvgIpc) is 2.12. The summed E-state index contributed by atoms with van der Waals surface area (Å²) in [6.07, 6.45) is 1.49. The van der Waals surface area contributed by atoms with Gasteiger partial charge in [0.1, 0.15) is 0 Å². The molecule has 0 amide bonds. The first-order valence-electron chi connectivity index (χ1n) is 3.92. The Kier molecular flexibility index (Phi) is 3.19. The number of hydrogen-bond donors (Lipinski definition) is 3. The first-order valence-corrected chi connectivity index (χ1v) is 5.24. The van der Waals surface area contributed by atoms with Crippen molar-refractivity contribution in [3.05, 3.63) is 33.7 Å². The van der Waals surface area contributed by atoms with Crippen LogP contribution in [0.3, 0.4) is 0 Å². The van der Waals surface area contributed by atoms with Crippen LogP contribution in [0.2, 0.25) is 0 Å². The normalized spacial score (nSPS) is 12.4. The van der Waals surface area contributed by atoms with E-state index < -0.39 is 10.8 Å². The predicted octanol–water partition coefficient (Wildman–Crippen LogP) is -0.175. The molecule has 0 aliphatic heterocycles. The Hall–Kier alpha value is -1.43. The van der Waals surface area contributed by atoms with Crippen molar-refractivity contribution in [2.24, 2.45) is 5.73 Å². The van der Waals surface area contributed by atoms with Crippen molar-refractivity contribution in [3.63, 3.8) is 0 Å². The molecule has 0 aliphatic rings. The van der Waals surface area contributed by atoms with Crippen molar-refractivity contribution in [3.8, 4) is 0 Å². The molecule has 6 heteroatoms. The molecule has 1 heterocycles. The molecule has 1 atom stereocenters. The molecular weight excluding hydrogens is 202 g/mol. The zero-order chi connectivity index (χ0) is 10.7.